The van der Waals surface area contributed by atoms with Crippen LogP contribution >= 0.6 is 0 Å². The van der Waals surface area contributed by atoms with Crippen LogP contribution in [0.25, 0.3) is 0 Å². The molecule has 1 amide bonds. The van der Waals surface area contributed by atoms with E-state index in [2.05, 4.69) is 10.6 Å². The number of nitrogens with one attached hydrogen (secondary N) is 2. The van der Waals surface area contributed by atoms with E-state index < -0.39 is 47.6 Å². The smallest absolute Gasteiger partial charge is 0.417 e. The molecule has 1 fully saturated rings. The molecule has 1 aliphatic heterocycles. The highest BCUT2D eigenvalue weighted by molar-refractivity contribution is 5.84. The van der Waals surface area contributed by atoms with Gasteiger partial charge in [-0.05, 0) is 62.2 Å². The second kappa shape index (κ2) is 10.7. The molecule has 12 heteroatoms. The van der Waals surface area contributed by atoms with Gasteiger partial charge in [0.05, 0.1) is 23.3 Å². The van der Waals surface area contributed by atoms with Gasteiger partial charge in [0, 0.05) is 17.6 Å². The fraction of sp³-hybridized carbons (Fsp3) is 0.417. The molecule has 36 heavy (non-hydrogen) atoms. The van der Waals surface area contributed by atoms with Crippen molar-refractivity contribution in [3.05, 3.63) is 59.2 Å². The average molecular weight is 515 g/mol. The lowest BCUT2D eigenvalue weighted by Gasteiger charge is -2.23. The van der Waals surface area contributed by atoms with Gasteiger partial charge < -0.3 is 9.47 Å². The van der Waals surface area contributed by atoms with E-state index in [0.29, 0.717) is 17.5 Å². The van der Waals surface area contributed by atoms with Crippen LogP contribution in [0.2, 0.25) is 0 Å². The highest BCUT2D eigenvalue weighted by Gasteiger charge is 2.51. The van der Waals surface area contributed by atoms with Gasteiger partial charge in [0.1, 0.15) is 18.4 Å². The van der Waals surface area contributed by atoms with Crippen molar-refractivity contribution in [2.75, 3.05) is 11.9 Å². The van der Waals surface area contributed by atoms with Crippen LogP contribution in [-0.4, -0.2) is 37.1 Å². The quantitative estimate of drug-likeness (QED) is 0.462. The minimum absolute atomic E-state index is 0.131. The minimum atomic E-state index is -4.88. The van der Waals surface area contributed by atoms with E-state index in [0.717, 1.165) is 12.1 Å². The van der Waals surface area contributed by atoms with Crippen molar-refractivity contribution in [1.29, 1.82) is 5.26 Å². The number of rotatable bonds is 6. The summed E-state index contributed by atoms with van der Waals surface area (Å²) in [6.45, 7) is 3.21. The first-order valence-electron chi connectivity index (χ1n) is 10.9. The molecule has 2 aromatic carbocycles. The number of hydrogen-bond acceptors (Lipinski definition) is 5. The van der Waals surface area contributed by atoms with E-state index >= 15 is 0 Å². The molecule has 3 atom stereocenters. The second-order valence-corrected chi connectivity index (χ2v) is 8.55. The first kappa shape index (κ1) is 27.1. The van der Waals surface area contributed by atoms with Crippen LogP contribution in [0.15, 0.2) is 42.5 Å². The van der Waals surface area contributed by atoms with Crippen LogP contribution in [0.5, 0.6) is 5.75 Å². The highest BCUT2D eigenvalue weighted by Crippen LogP contribution is 2.42. The minimum Gasteiger partial charge on any atom is -0.492 e. The van der Waals surface area contributed by atoms with Crippen LogP contribution < -0.4 is 15.4 Å². The van der Waals surface area contributed by atoms with Crippen molar-refractivity contribution in [2.24, 2.45) is 0 Å². The molecule has 6 nitrogen and oxygen atoms in total. The number of hydrogen-bond donors (Lipinski definition) is 2. The zero-order valence-corrected chi connectivity index (χ0v) is 19.2. The average Bonchev–Trinajstić information content (AvgIpc) is 3.22. The van der Waals surface area contributed by atoms with E-state index in [1.165, 1.54) is 30.3 Å². The van der Waals surface area contributed by atoms with Crippen LogP contribution in [0.3, 0.4) is 0 Å². The van der Waals surface area contributed by atoms with E-state index in [1.54, 1.807) is 13.8 Å². The van der Waals surface area contributed by atoms with Gasteiger partial charge in [0.15, 0.2) is 0 Å². The molecule has 3 rings (SSSR count). The fourth-order valence-electron chi connectivity index (χ4n) is 3.97. The van der Waals surface area contributed by atoms with E-state index in [1.807, 2.05) is 0 Å². The Balaban J connectivity index is 1.70. The van der Waals surface area contributed by atoms with Crippen LogP contribution in [-0.2, 0) is 10.9 Å². The molecule has 0 bridgehead atoms. The molecule has 0 spiro atoms. The number of carbonyl (C=O) groups is 1. The van der Waals surface area contributed by atoms with Gasteiger partial charge in [-0.25, -0.2) is 4.79 Å². The van der Waals surface area contributed by atoms with Crippen LogP contribution in [0.1, 0.15) is 42.9 Å². The zero-order chi connectivity index (χ0) is 26.7. The number of amides is 1. The Morgan fingerprint density at radius 2 is 1.81 bits per heavy atom. The molecule has 0 saturated carbocycles. The summed E-state index contributed by atoms with van der Waals surface area (Å²) in [7, 11) is 0. The molecule has 3 unspecified atom stereocenters. The van der Waals surface area contributed by atoms with E-state index in [9.17, 15) is 31.1 Å². The Morgan fingerprint density at radius 3 is 2.36 bits per heavy atom. The largest absolute Gasteiger partial charge is 0.492 e. The van der Waals surface area contributed by atoms with E-state index in [-0.39, 0.29) is 24.7 Å². The van der Waals surface area contributed by atoms with Gasteiger partial charge in [-0.3, -0.25) is 10.6 Å². The zero-order valence-electron chi connectivity index (χ0n) is 19.2. The molecule has 2 aromatic rings. The maximum atomic E-state index is 13.7. The van der Waals surface area contributed by atoms with Gasteiger partial charge in [-0.2, -0.15) is 31.6 Å². The standard InChI is InChI=1S/C24H23F6N3O3/c1-13(2)36-22(34)33-16-5-7-18(8-6-16)35-12-17-10-19(21(32-17)24(28,29)30)14-3-4-15(11-31)20(9-14)23(25,26)27/h3-9,13,17,19,21,32H,10,12H2,1-2H3,(H,33,34). The molecule has 0 aromatic heterocycles. The third kappa shape index (κ3) is 6.81. The molecule has 194 valence electrons. The molecular weight excluding hydrogens is 492 g/mol. The van der Waals surface area contributed by atoms with Gasteiger partial charge in [-0.1, -0.05) is 6.07 Å². The van der Waals surface area contributed by atoms with Crippen LogP contribution in [0, 0.1) is 11.3 Å². The third-order valence-electron chi connectivity index (χ3n) is 5.50. The molecule has 1 heterocycles. The number of carbonyl (C=O) groups excluding carboxylic acids is 1. The van der Waals surface area contributed by atoms with Crippen molar-refractivity contribution in [2.45, 2.75) is 56.7 Å². The molecule has 0 radical (unpaired) electrons. The number of nitriles is 1. The SMILES string of the molecule is CC(C)OC(=O)Nc1ccc(OCC2CC(c3ccc(C#N)c(C(F)(F)F)c3)C(C(F)(F)F)N2)cc1. The number of alkyl halides is 6. The highest BCUT2D eigenvalue weighted by atomic mass is 19.4. The maximum Gasteiger partial charge on any atom is 0.417 e. The summed E-state index contributed by atoms with van der Waals surface area (Å²) in [5.74, 6) is -0.977. The van der Waals surface area contributed by atoms with E-state index in [4.69, 9.17) is 14.7 Å². The van der Waals surface area contributed by atoms with Crippen LogP contribution in [0.4, 0.5) is 36.8 Å². The topological polar surface area (TPSA) is 83.4 Å². The molecule has 2 N–H and O–H groups in total. The van der Waals surface area contributed by atoms with Gasteiger partial charge in [0.2, 0.25) is 0 Å². The predicted octanol–water partition coefficient (Wildman–Crippen LogP) is 5.99. The molecular formula is C24H23F6N3O3. The number of halogens is 6. The van der Waals surface area contributed by atoms with Crippen molar-refractivity contribution < 1.29 is 40.6 Å². The van der Waals surface area contributed by atoms with Crippen molar-refractivity contribution in [1.82, 2.24) is 5.32 Å². The lowest BCUT2D eigenvalue weighted by Crippen LogP contribution is -2.44. The number of anilines is 1. The summed E-state index contributed by atoms with van der Waals surface area (Å²) in [5, 5.41) is 13.9. The van der Waals surface area contributed by atoms with Gasteiger partial charge in [-0.15, -0.1) is 0 Å². The molecule has 1 aliphatic rings. The summed E-state index contributed by atoms with van der Waals surface area (Å²) in [6.07, 6.45) is -10.7. The molecule has 0 aliphatic carbocycles. The lowest BCUT2D eigenvalue weighted by atomic mass is 9.88. The Bertz CT molecular complexity index is 1110. The summed E-state index contributed by atoms with van der Waals surface area (Å²) < 4.78 is 91.7. The number of benzene rings is 2. The first-order chi connectivity index (χ1) is 16.8. The number of nitrogens with zero attached hydrogens (tertiary/aromatic N) is 1. The fourth-order valence-corrected chi connectivity index (χ4v) is 3.97. The normalized spacial score (nSPS) is 20.2. The summed E-state index contributed by atoms with van der Waals surface area (Å²) in [5.41, 5.74) is -1.67. The Labute approximate surface area is 203 Å². The first-order valence-corrected chi connectivity index (χ1v) is 10.9. The lowest BCUT2D eigenvalue weighted by molar-refractivity contribution is -0.156. The Morgan fingerprint density at radius 1 is 1.14 bits per heavy atom. The van der Waals surface area contributed by atoms with Crippen molar-refractivity contribution in [3.63, 3.8) is 0 Å². The third-order valence-corrected chi connectivity index (χ3v) is 5.50. The monoisotopic (exact) mass is 515 g/mol. The molecule has 1 saturated heterocycles. The summed E-state index contributed by atoms with van der Waals surface area (Å²) in [6, 6.07) is 7.23. The Kier molecular flexibility index (Phi) is 8.03. The van der Waals surface area contributed by atoms with Crippen molar-refractivity contribution >= 4 is 11.8 Å². The summed E-state index contributed by atoms with van der Waals surface area (Å²) >= 11 is 0. The second-order valence-electron chi connectivity index (χ2n) is 8.55. The summed E-state index contributed by atoms with van der Waals surface area (Å²) in [4.78, 5) is 11.6. The van der Waals surface area contributed by atoms with Crippen molar-refractivity contribution in [3.8, 4) is 11.8 Å². The van der Waals surface area contributed by atoms with Gasteiger partial charge >= 0.3 is 18.4 Å². The Hall–Kier alpha value is -3.46. The van der Waals surface area contributed by atoms with Gasteiger partial charge in [0.25, 0.3) is 0 Å². The number of ether oxygens (including phenoxy) is 2. The maximum absolute atomic E-state index is 13.7. The predicted molar refractivity (Wildman–Crippen MR) is 117 cm³/mol.